The first-order valence-corrected chi connectivity index (χ1v) is 7.76. The van der Waals surface area contributed by atoms with Crippen LogP contribution >= 0.6 is 0 Å². The van der Waals surface area contributed by atoms with Gasteiger partial charge in [0.2, 0.25) is 10.0 Å². The highest BCUT2D eigenvalue weighted by molar-refractivity contribution is 7.89. The van der Waals surface area contributed by atoms with E-state index < -0.39 is 22.1 Å². The maximum Gasteiger partial charge on any atom is 0.339 e. The first-order chi connectivity index (χ1) is 9.70. The van der Waals surface area contributed by atoms with Crippen molar-refractivity contribution < 1.29 is 23.1 Å². The minimum atomic E-state index is -3.87. The van der Waals surface area contributed by atoms with E-state index in [2.05, 4.69) is 4.74 Å². The Morgan fingerprint density at radius 1 is 1.48 bits per heavy atom. The van der Waals surface area contributed by atoms with E-state index in [1.54, 1.807) is 6.92 Å². The molecule has 1 aromatic carbocycles. The maximum absolute atomic E-state index is 12.5. The van der Waals surface area contributed by atoms with Crippen molar-refractivity contribution in [2.24, 2.45) is 0 Å². The largest absolute Gasteiger partial charge is 0.465 e. The van der Waals surface area contributed by atoms with E-state index in [1.165, 1.54) is 32.4 Å². The molecule has 0 aliphatic heterocycles. The van der Waals surface area contributed by atoms with Gasteiger partial charge in [-0.15, -0.1) is 0 Å². The fraction of sp³-hybridized carbons (Fsp3) is 0.462. The number of benzene rings is 1. The summed E-state index contributed by atoms with van der Waals surface area (Å²) in [6.07, 6.45) is -0.327. The Morgan fingerprint density at radius 2 is 2.10 bits per heavy atom. The number of methoxy groups -OCH3 is 1. The number of carbonyl (C=O) groups excluding carboxylic acids is 1. The van der Waals surface area contributed by atoms with Gasteiger partial charge in [0.25, 0.3) is 0 Å². The van der Waals surface area contributed by atoms with Gasteiger partial charge in [0.1, 0.15) is 0 Å². The maximum atomic E-state index is 12.5. The lowest BCUT2D eigenvalue weighted by atomic mass is 10.2. The summed E-state index contributed by atoms with van der Waals surface area (Å²) in [5, 5.41) is 9.24. The van der Waals surface area contributed by atoms with Gasteiger partial charge in [-0.3, -0.25) is 0 Å². The van der Waals surface area contributed by atoms with Crippen LogP contribution in [-0.2, 0) is 14.8 Å². The van der Waals surface area contributed by atoms with Crippen molar-refractivity contribution in [3.8, 4) is 0 Å². The van der Waals surface area contributed by atoms with E-state index in [0.717, 1.165) is 4.31 Å². The number of nitrogens with zero attached hydrogens (tertiary/aromatic N) is 1. The summed E-state index contributed by atoms with van der Waals surface area (Å²) >= 11 is 0. The van der Waals surface area contributed by atoms with Crippen LogP contribution in [0, 0.1) is 0 Å². The number of aliphatic hydroxyl groups excluding tert-OH is 1. The van der Waals surface area contributed by atoms with Crippen molar-refractivity contribution in [1.82, 2.24) is 4.31 Å². The van der Waals surface area contributed by atoms with Gasteiger partial charge in [-0.25, -0.2) is 17.5 Å². The first-order valence-electron chi connectivity index (χ1n) is 6.32. The molecular weight excluding hydrogens is 296 g/mol. The number of nitrogen functional groups attached to an aromatic ring is 1. The second kappa shape index (κ2) is 6.88. The quantitative estimate of drug-likeness (QED) is 0.582. The number of rotatable bonds is 6. The number of carbonyl (C=O) groups is 1. The normalized spacial score (nSPS) is 13.2. The van der Waals surface area contributed by atoms with Gasteiger partial charge in [-0.2, -0.15) is 0 Å². The van der Waals surface area contributed by atoms with Crippen LogP contribution in [0.3, 0.4) is 0 Å². The van der Waals surface area contributed by atoms with Crippen molar-refractivity contribution in [3.05, 3.63) is 23.8 Å². The van der Waals surface area contributed by atoms with Crippen molar-refractivity contribution in [2.75, 3.05) is 26.4 Å². The molecule has 0 amide bonds. The number of esters is 1. The zero-order chi connectivity index (χ0) is 16.2. The second-order valence-corrected chi connectivity index (χ2v) is 6.72. The Morgan fingerprint density at radius 3 is 2.62 bits per heavy atom. The van der Waals surface area contributed by atoms with Gasteiger partial charge < -0.3 is 15.6 Å². The molecule has 0 heterocycles. The Labute approximate surface area is 124 Å². The molecule has 118 valence electrons. The summed E-state index contributed by atoms with van der Waals surface area (Å²) in [6, 6.07) is 3.94. The lowest BCUT2D eigenvalue weighted by molar-refractivity contribution is 0.0596. The number of ether oxygens (including phenoxy) is 1. The number of sulfonamides is 1. The number of hydrogen-bond acceptors (Lipinski definition) is 6. The molecule has 0 saturated carbocycles. The monoisotopic (exact) mass is 316 g/mol. The van der Waals surface area contributed by atoms with E-state index in [1.807, 2.05) is 0 Å². The SMILES string of the molecule is COC(=O)c1cc(N)ccc1S(=O)(=O)N(C)CCC(C)O. The lowest BCUT2D eigenvalue weighted by Gasteiger charge is -2.19. The molecule has 0 fully saturated rings. The molecule has 1 aromatic rings. The van der Waals surface area contributed by atoms with Crippen LogP contribution in [0.2, 0.25) is 0 Å². The van der Waals surface area contributed by atoms with Crippen molar-refractivity contribution in [1.29, 1.82) is 0 Å². The van der Waals surface area contributed by atoms with Crippen molar-refractivity contribution >= 4 is 21.7 Å². The highest BCUT2D eigenvalue weighted by Gasteiger charge is 2.27. The minimum absolute atomic E-state index is 0.110. The van der Waals surface area contributed by atoms with Crippen LogP contribution in [0.15, 0.2) is 23.1 Å². The van der Waals surface area contributed by atoms with E-state index >= 15 is 0 Å². The van der Waals surface area contributed by atoms with E-state index in [0.29, 0.717) is 0 Å². The molecule has 3 N–H and O–H groups in total. The fourth-order valence-corrected chi connectivity index (χ4v) is 3.04. The number of nitrogens with two attached hydrogens (primary N) is 1. The van der Waals surface area contributed by atoms with E-state index in [-0.39, 0.29) is 29.1 Å². The van der Waals surface area contributed by atoms with Gasteiger partial charge in [-0.1, -0.05) is 0 Å². The second-order valence-electron chi connectivity index (χ2n) is 4.71. The molecule has 1 atom stereocenters. The molecule has 0 aromatic heterocycles. The smallest absolute Gasteiger partial charge is 0.339 e. The van der Waals surface area contributed by atoms with Crippen LogP contribution in [0.25, 0.3) is 0 Å². The predicted octanol–water partition coefficient (Wildman–Crippen LogP) is 0.447. The van der Waals surface area contributed by atoms with Gasteiger partial charge >= 0.3 is 5.97 Å². The fourth-order valence-electron chi connectivity index (χ4n) is 1.70. The average Bonchev–Trinajstić information content (AvgIpc) is 2.43. The zero-order valence-corrected chi connectivity index (χ0v) is 13.1. The minimum Gasteiger partial charge on any atom is -0.465 e. The van der Waals surface area contributed by atoms with E-state index in [4.69, 9.17) is 5.73 Å². The van der Waals surface area contributed by atoms with Crippen LogP contribution in [0.1, 0.15) is 23.7 Å². The van der Waals surface area contributed by atoms with Crippen LogP contribution in [0.5, 0.6) is 0 Å². The molecule has 0 aliphatic carbocycles. The van der Waals surface area contributed by atoms with Gasteiger partial charge in [0, 0.05) is 19.3 Å². The highest BCUT2D eigenvalue weighted by Crippen LogP contribution is 2.23. The van der Waals surface area contributed by atoms with Crippen LogP contribution in [0.4, 0.5) is 5.69 Å². The summed E-state index contributed by atoms with van der Waals surface area (Å²) in [4.78, 5) is 11.6. The number of hydrogen-bond donors (Lipinski definition) is 2. The zero-order valence-electron chi connectivity index (χ0n) is 12.2. The average molecular weight is 316 g/mol. The molecular formula is C13H20N2O5S. The number of aliphatic hydroxyl groups is 1. The third-order valence-corrected chi connectivity index (χ3v) is 4.87. The summed E-state index contributed by atoms with van der Waals surface area (Å²) < 4.78 is 30.7. The van der Waals surface area contributed by atoms with Gasteiger partial charge in [0.05, 0.1) is 23.7 Å². The predicted molar refractivity (Wildman–Crippen MR) is 78.3 cm³/mol. The lowest BCUT2D eigenvalue weighted by Crippen LogP contribution is -2.30. The standard InChI is InChI=1S/C13H20N2O5S/c1-9(16)6-7-15(2)21(18,19)12-5-4-10(14)8-11(12)13(17)20-3/h4-5,8-9,16H,6-7,14H2,1-3H3. The highest BCUT2D eigenvalue weighted by atomic mass is 32.2. The van der Waals surface area contributed by atoms with Crippen LogP contribution in [-0.4, -0.2) is 50.6 Å². The molecule has 8 heteroatoms. The Kier molecular flexibility index (Phi) is 5.70. The first kappa shape index (κ1) is 17.4. The molecule has 0 spiro atoms. The molecule has 0 bridgehead atoms. The van der Waals surface area contributed by atoms with Gasteiger partial charge in [-0.05, 0) is 31.5 Å². The topological polar surface area (TPSA) is 110 Å². The Hall–Kier alpha value is -1.64. The van der Waals surface area contributed by atoms with E-state index in [9.17, 15) is 18.3 Å². The molecule has 21 heavy (non-hydrogen) atoms. The third kappa shape index (κ3) is 4.16. The molecule has 1 unspecified atom stereocenters. The Balaban J connectivity index is 3.22. The summed E-state index contributed by atoms with van der Waals surface area (Å²) in [5.41, 5.74) is 5.74. The third-order valence-electron chi connectivity index (χ3n) is 2.96. The summed E-state index contributed by atoms with van der Waals surface area (Å²) in [7, 11) is -1.32. The molecule has 0 saturated heterocycles. The summed E-state index contributed by atoms with van der Waals surface area (Å²) in [6.45, 7) is 1.70. The Bertz CT molecular complexity index is 613. The molecule has 1 rings (SSSR count). The summed E-state index contributed by atoms with van der Waals surface area (Å²) in [5.74, 6) is -0.773. The number of anilines is 1. The molecule has 0 aliphatic rings. The molecule has 0 radical (unpaired) electrons. The van der Waals surface area contributed by atoms with Crippen LogP contribution < -0.4 is 5.73 Å². The van der Waals surface area contributed by atoms with Crippen molar-refractivity contribution in [2.45, 2.75) is 24.3 Å². The van der Waals surface area contributed by atoms with Crippen molar-refractivity contribution in [3.63, 3.8) is 0 Å². The molecule has 7 nitrogen and oxygen atoms in total. The van der Waals surface area contributed by atoms with Gasteiger partial charge in [0.15, 0.2) is 0 Å².